The van der Waals surface area contributed by atoms with Gasteiger partial charge in [0.05, 0.1) is 0 Å². The Morgan fingerprint density at radius 3 is 0.859 bits per heavy atom. The van der Waals surface area contributed by atoms with E-state index in [2.05, 4.69) is 299 Å². The van der Waals surface area contributed by atoms with Gasteiger partial charge in [0, 0.05) is 45.0 Å². The molecule has 0 heterocycles. The first kappa shape index (κ1) is 50.4. The van der Waals surface area contributed by atoms with E-state index in [4.69, 9.17) is 0 Å². The second kappa shape index (κ2) is 19.2. The summed E-state index contributed by atoms with van der Waals surface area (Å²) < 4.78 is 0. The van der Waals surface area contributed by atoms with Crippen LogP contribution in [0, 0.1) is 55.4 Å². The fourth-order valence-electron chi connectivity index (χ4n) is 13.2. The third kappa shape index (κ3) is 9.07. The largest absolute Gasteiger partial charge is 0.310 e. The molecule has 0 fully saturated rings. The highest BCUT2D eigenvalue weighted by atomic mass is 15.1. The average Bonchev–Trinajstić information content (AvgIpc) is 3.84. The standard InChI is InChI=1S/C76H70N2/c1-47-31-48(2)36-61(35-47)77(62-37-49(3)32-50(4)38-62)59-25-29-69-67-27-19-55(43-71(67)75(9,10)73(69)45-59)17-21-57-23-24-58(66-16-14-13-15-65(57)66)22-18-56-20-28-68-70-30-26-60(46-74(70)76(11,12)72(68)44-56)78(63-39-51(5)33-52(6)40-63)64-41-53(7)34-54(8)42-64/h13-46H,1-12H3. The van der Waals surface area contributed by atoms with E-state index in [0.29, 0.717) is 0 Å². The first-order valence-electron chi connectivity index (χ1n) is 27.8. The topological polar surface area (TPSA) is 6.48 Å². The van der Waals surface area contributed by atoms with Crippen LogP contribution in [-0.2, 0) is 10.8 Å². The van der Waals surface area contributed by atoms with Crippen molar-refractivity contribution in [3.8, 4) is 22.3 Å². The fraction of sp³-hybridized carbons (Fsp3) is 0.184. The van der Waals surface area contributed by atoms with Gasteiger partial charge in [0.2, 0.25) is 0 Å². The lowest BCUT2D eigenvalue weighted by atomic mass is 9.81. The third-order valence-corrected chi connectivity index (χ3v) is 16.6. The average molecular weight is 1010 g/mol. The first-order chi connectivity index (χ1) is 37.4. The molecule has 10 aromatic rings. The molecule has 0 unspecified atom stereocenters. The molecule has 0 aromatic heterocycles. The van der Waals surface area contributed by atoms with Crippen molar-refractivity contribution >= 4 is 69.2 Å². The Kier molecular flexibility index (Phi) is 12.4. The van der Waals surface area contributed by atoms with Crippen molar-refractivity contribution in [3.63, 3.8) is 0 Å². The molecule has 78 heavy (non-hydrogen) atoms. The van der Waals surface area contributed by atoms with Crippen LogP contribution in [0.3, 0.4) is 0 Å². The zero-order valence-corrected chi connectivity index (χ0v) is 47.5. The van der Waals surface area contributed by atoms with Crippen LogP contribution in [0.1, 0.15) is 117 Å². The van der Waals surface area contributed by atoms with E-state index in [0.717, 1.165) is 0 Å². The molecule has 0 atom stereocenters. The Balaban J connectivity index is 0.813. The minimum absolute atomic E-state index is 0.186. The van der Waals surface area contributed by atoms with Crippen LogP contribution in [0.4, 0.5) is 34.1 Å². The lowest BCUT2D eigenvalue weighted by molar-refractivity contribution is 0.660. The number of aryl methyl sites for hydroxylation is 8. The molecule has 0 amide bonds. The lowest BCUT2D eigenvalue weighted by Crippen LogP contribution is -2.17. The maximum Gasteiger partial charge on any atom is 0.0466 e. The molecule has 0 saturated heterocycles. The number of hydrogen-bond donors (Lipinski definition) is 0. The van der Waals surface area contributed by atoms with Gasteiger partial charge in [-0.25, -0.2) is 0 Å². The van der Waals surface area contributed by atoms with Gasteiger partial charge >= 0.3 is 0 Å². The van der Waals surface area contributed by atoms with Crippen molar-refractivity contribution in [1.29, 1.82) is 0 Å². The Labute approximate surface area is 463 Å². The number of fused-ring (bicyclic) bond motifs is 7. The van der Waals surface area contributed by atoms with Gasteiger partial charge in [0.15, 0.2) is 0 Å². The Bertz CT molecular complexity index is 3690. The van der Waals surface area contributed by atoms with Gasteiger partial charge in [-0.3, -0.25) is 0 Å². The molecular formula is C76H70N2. The van der Waals surface area contributed by atoms with Gasteiger partial charge in [-0.1, -0.05) is 161 Å². The molecule has 10 aromatic carbocycles. The molecular weight excluding hydrogens is 941 g/mol. The molecule has 384 valence electrons. The zero-order chi connectivity index (χ0) is 54.4. The van der Waals surface area contributed by atoms with E-state index in [-0.39, 0.29) is 10.8 Å². The van der Waals surface area contributed by atoms with Gasteiger partial charge in [-0.05, 0) is 250 Å². The zero-order valence-electron chi connectivity index (χ0n) is 47.5. The molecule has 0 bridgehead atoms. The molecule has 2 nitrogen and oxygen atoms in total. The molecule has 0 saturated carbocycles. The van der Waals surface area contributed by atoms with Gasteiger partial charge < -0.3 is 9.80 Å². The van der Waals surface area contributed by atoms with Crippen LogP contribution in [-0.4, -0.2) is 0 Å². The smallest absolute Gasteiger partial charge is 0.0466 e. The van der Waals surface area contributed by atoms with Crippen LogP contribution in [0.15, 0.2) is 182 Å². The van der Waals surface area contributed by atoms with E-state index in [1.807, 2.05) is 0 Å². The number of rotatable bonds is 10. The summed E-state index contributed by atoms with van der Waals surface area (Å²) in [6.45, 7) is 27.1. The van der Waals surface area contributed by atoms with Crippen molar-refractivity contribution in [3.05, 3.63) is 271 Å². The van der Waals surface area contributed by atoms with Gasteiger partial charge in [-0.2, -0.15) is 0 Å². The summed E-state index contributed by atoms with van der Waals surface area (Å²) in [5, 5.41) is 2.48. The number of anilines is 6. The van der Waals surface area contributed by atoms with E-state index in [9.17, 15) is 0 Å². The third-order valence-electron chi connectivity index (χ3n) is 16.6. The number of benzene rings is 10. The summed E-state index contributed by atoms with van der Waals surface area (Å²) in [6.07, 6.45) is 9.18. The first-order valence-corrected chi connectivity index (χ1v) is 27.8. The molecule has 12 rings (SSSR count). The highest BCUT2D eigenvalue weighted by molar-refractivity contribution is 6.00. The summed E-state index contributed by atoms with van der Waals surface area (Å²) in [4.78, 5) is 4.88. The Morgan fingerprint density at radius 2 is 0.551 bits per heavy atom. The predicted octanol–water partition coefficient (Wildman–Crippen LogP) is 21.2. The highest BCUT2D eigenvalue weighted by Crippen LogP contribution is 2.53. The lowest BCUT2D eigenvalue weighted by Gasteiger charge is -2.29. The van der Waals surface area contributed by atoms with Crippen molar-refractivity contribution < 1.29 is 0 Å². The SMILES string of the molecule is Cc1cc(C)cc(N(c2cc(C)cc(C)c2)c2ccc3c(c2)C(C)(C)c2cc(C=Cc4ccc(C=Cc5ccc6c(c5)C(C)(C)c5cc(N(c7cc(C)cc(C)c7)c7cc(C)cc(C)c7)ccc5-6)c5ccccc45)ccc2-3)c1. The van der Waals surface area contributed by atoms with Gasteiger partial charge in [-0.15, -0.1) is 0 Å². The molecule has 2 heteroatoms. The fourth-order valence-corrected chi connectivity index (χ4v) is 13.2. The van der Waals surface area contributed by atoms with Gasteiger partial charge in [0.1, 0.15) is 0 Å². The monoisotopic (exact) mass is 1010 g/mol. The maximum absolute atomic E-state index is 2.44. The molecule has 0 N–H and O–H groups in total. The molecule has 0 spiro atoms. The van der Waals surface area contributed by atoms with E-state index >= 15 is 0 Å². The molecule has 0 radical (unpaired) electrons. The maximum atomic E-state index is 2.44. The summed E-state index contributed by atoms with van der Waals surface area (Å²) in [6, 6.07) is 69.2. The van der Waals surface area contributed by atoms with Crippen molar-refractivity contribution in [2.75, 3.05) is 9.80 Å². The Hall–Kier alpha value is -8.46. The van der Waals surface area contributed by atoms with Crippen molar-refractivity contribution in [2.45, 2.75) is 93.9 Å². The molecule has 0 aliphatic heterocycles. The normalized spacial score (nSPS) is 13.7. The van der Waals surface area contributed by atoms with Crippen LogP contribution in [0.5, 0.6) is 0 Å². The number of nitrogens with zero attached hydrogens (tertiary/aromatic N) is 2. The summed E-state index contributed by atoms with van der Waals surface area (Å²) >= 11 is 0. The van der Waals surface area contributed by atoms with Crippen LogP contribution in [0.25, 0.3) is 57.3 Å². The quantitative estimate of drug-likeness (QED) is 0.126. The van der Waals surface area contributed by atoms with E-state index in [1.165, 1.54) is 156 Å². The second-order valence-electron chi connectivity index (χ2n) is 23.8. The van der Waals surface area contributed by atoms with Gasteiger partial charge in [0.25, 0.3) is 0 Å². The minimum Gasteiger partial charge on any atom is -0.310 e. The van der Waals surface area contributed by atoms with Crippen molar-refractivity contribution in [1.82, 2.24) is 0 Å². The molecule has 2 aliphatic carbocycles. The van der Waals surface area contributed by atoms with Crippen LogP contribution >= 0.6 is 0 Å². The number of hydrogen-bond acceptors (Lipinski definition) is 2. The summed E-state index contributed by atoms with van der Waals surface area (Å²) in [5.41, 5.74) is 32.4. The van der Waals surface area contributed by atoms with E-state index in [1.54, 1.807) is 0 Å². The summed E-state index contributed by atoms with van der Waals surface area (Å²) in [5.74, 6) is 0. The highest BCUT2D eigenvalue weighted by Gasteiger charge is 2.38. The van der Waals surface area contributed by atoms with E-state index < -0.39 is 0 Å². The second-order valence-corrected chi connectivity index (χ2v) is 23.8. The molecule has 2 aliphatic rings. The minimum atomic E-state index is -0.186. The van der Waals surface area contributed by atoms with Crippen LogP contribution < -0.4 is 9.80 Å². The predicted molar refractivity (Wildman–Crippen MR) is 337 cm³/mol. The Morgan fingerprint density at radius 1 is 0.269 bits per heavy atom. The van der Waals surface area contributed by atoms with Crippen molar-refractivity contribution in [2.24, 2.45) is 0 Å². The summed E-state index contributed by atoms with van der Waals surface area (Å²) in [7, 11) is 0. The van der Waals surface area contributed by atoms with Crippen LogP contribution in [0.2, 0.25) is 0 Å².